The molecule has 7 heteroatoms. The van der Waals surface area contributed by atoms with Gasteiger partial charge < -0.3 is 16.3 Å². The molecule has 1 rings (SSSR count). The number of rotatable bonds is 3. The number of oxime groups is 1. The Bertz CT molecular complexity index is 424. The predicted octanol–water partition coefficient (Wildman–Crippen LogP) is 0.0495. The molecule has 0 aliphatic rings. The zero-order valence-electron chi connectivity index (χ0n) is 9.43. The van der Waals surface area contributed by atoms with Gasteiger partial charge in [0.25, 0.3) is 0 Å². The highest BCUT2D eigenvalue weighted by Crippen LogP contribution is 2.12. The van der Waals surface area contributed by atoms with Crippen LogP contribution in [-0.2, 0) is 11.8 Å². The van der Waals surface area contributed by atoms with Crippen LogP contribution in [-0.4, -0.2) is 26.7 Å². The molecule has 0 radical (unpaired) electrons. The summed E-state index contributed by atoms with van der Waals surface area (Å²) < 4.78 is 1.60. The van der Waals surface area contributed by atoms with Crippen molar-refractivity contribution in [3.05, 3.63) is 11.9 Å². The molecule has 4 N–H and O–H groups in total. The molecule has 1 aromatic rings. The highest BCUT2D eigenvalue weighted by Gasteiger charge is 2.18. The van der Waals surface area contributed by atoms with Gasteiger partial charge in [-0.25, -0.2) is 0 Å². The number of aryl methyl sites for hydroxylation is 2. The molecule has 0 aromatic carbocycles. The first kappa shape index (κ1) is 12.0. The van der Waals surface area contributed by atoms with Crippen LogP contribution < -0.4 is 11.1 Å². The number of hydrogen-bond donors (Lipinski definition) is 3. The van der Waals surface area contributed by atoms with Gasteiger partial charge in [0.1, 0.15) is 0 Å². The molecule has 88 valence electrons. The Kier molecular flexibility index (Phi) is 3.49. The lowest BCUT2D eigenvalue weighted by atomic mass is 10.1. The highest BCUT2D eigenvalue weighted by atomic mass is 16.4. The maximum atomic E-state index is 11.7. The zero-order valence-corrected chi connectivity index (χ0v) is 9.43. The Morgan fingerprint density at radius 2 is 2.38 bits per heavy atom. The summed E-state index contributed by atoms with van der Waals surface area (Å²) in [5.41, 5.74) is 6.66. The summed E-state index contributed by atoms with van der Waals surface area (Å²) in [6.45, 7) is 3.33. The molecule has 1 heterocycles. The molecule has 1 atom stereocenters. The second-order valence-electron chi connectivity index (χ2n) is 3.54. The van der Waals surface area contributed by atoms with Crippen LogP contribution in [0.1, 0.15) is 12.6 Å². The topological polar surface area (TPSA) is 106 Å². The van der Waals surface area contributed by atoms with Crippen LogP contribution in [0.4, 0.5) is 5.69 Å². The average molecular weight is 225 g/mol. The highest BCUT2D eigenvalue weighted by molar-refractivity contribution is 6.07. The standard InChI is InChI=1S/C9H15N5O2/c1-5(8(10)13-16)9(15)11-7-4-14(3)12-6(7)2/h4-5,16H,1-3H3,(H2,10,13)(H,11,15). The summed E-state index contributed by atoms with van der Waals surface area (Å²) in [5.74, 6) is -1.16. The first-order valence-corrected chi connectivity index (χ1v) is 4.74. The van der Waals surface area contributed by atoms with Crippen LogP contribution in [0.15, 0.2) is 11.4 Å². The second kappa shape index (κ2) is 4.65. The maximum Gasteiger partial charge on any atom is 0.235 e. The largest absolute Gasteiger partial charge is 0.409 e. The number of anilines is 1. The minimum absolute atomic E-state index is 0.126. The SMILES string of the molecule is Cc1nn(C)cc1NC(=O)C(C)C(N)=NO. The van der Waals surface area contributed by atoms with E-state index in [9.17, 15) is 4.79 Å². The van der Waals surface area contributed by atoms with Gasteiger partial charge in [-0.3, -0.25) is 9.48 Å². The molecule has 0 saturated heterocycles. The summed E-state index contributed by atoms with van der Waals surface area (Å²) in [7, 11) is 1.76. The van der Waals surface area contributed by atoms with Gasteiger partial charge in [0.15, 0.2) is 5.84 Å². The van der Waals surface area contributed by atoms with Gasteiger partial charge in [-0.05, 0) is 13.8 Å². The van der Waals surface area contributed by atoms with Crippen molar-refractivity contribution in [2.45, 2.75) is 13.8 Å². The number of nitrogens with two attached hydrogens (primary N) is 1. The van der Waals surface area contributed by atoms with E-state index in [1.54, 1.807) is 31.8 Å². The van der Waals surface area contributed by atoms with E-state index in [4.69, 9.17) is 10.9 Å². The van der Waals surface area contributed by atoms with Gasteiger partial charge in [-0.2, -0.15) is 5.10 Å². The van der Waals surface area contributed by atoms with Crippen molar-refractivity contribution in [1.29, 1.82) is 0 Å². The fourth-order valence-electron chi connectivity index (χ4n) is 1.18. The number of hydrogen-bond acceptors (Lipinski definition) is 4. The summed E-state index contributed by atoms with van der Waals surface area (Å²) in [4.78, 5) is 11.7. The third-order valence-corrected chi connectivity index (χ3v) is 2.22. The molecule has 1 amide bonds. The van der Waals surface area contributed by atoms with Crippen LogP contribution >= 0.6 is 0 Å². The van der Waals surface area contributed by atoms with Crippen molar-refractivity contribution >= 4 is 17.4 Å². The van der Waals surface area contributed by atoms with E-state index >= 15 is 0 Å². The van der Waals surface area contributed by atoms with E-state index < -0.39 is 5.92 Å². The average Bonchev–Trinajstić information content (AvgIpc) is 2.55. The normalized spacial score (nSPS) is 13.6. The number of aromatic nitrogens is 2. The molecule has 16 heavy (non-hydrogen) atoms. The molecule has 1 aromatic heterocycles. The first-order chi connectivity index (χ1) is 7.45. The van der Waals surface area contributed by atoms with Gasteiger partial charge in [0.2, 0.25) is 5.91 Å². The third kappa shape index (κ3) is 2.50. The molecule has 7 nitrogen and oxygen atoms in total. The third-order valence-electron chi connectivity index (χ3n) is 2.22. The minimum Gasteiger partial charge on any atom is -0.409 e. The van der Waals surface area contributed by atoms with Gasteiger partial charge in [-0.15, -0.1) is 0 Å². The summed E-state index contributed by atoms with van der Waals surface area (Å²) in [6.07, 6.45) is 1.69. The van der Waals surface area contributed by atoms with Gasteiger partial charge in [0.05, 0.1) is 17.3 Å². The Morgan fingerprint density at radius 3 is 2.81 bits per heavy atom. The number of nitrogens with one attached hydrogen (secondary N) is 1. The van der Waals surface area contributed by atoms with Crippen molar-refractivity contribution < 1.29 is 10.0 Å². The molecule has 0 aliphatic carbocycles. The Morgan fingerprint density at radius 1 is 1.75 bits per heavy atom. The first-order valence-electron chi connectivity index (χ1n) is 4.74. The van der Waals surface area contributed by atoms with Crippen molar-refractivity contribution in [3.63, 3.8) is 0 Å². The van der Waals surface area contributed by atoms with Gasteiger partial charge >= 0.3 is 0 Å². The molecule has 0 bridgehead atoms. The number of carbonyl (C=O) groups excluding carboxylic acids is 1. The van der Waals surface area contributed by atoms with Crippen LogP contribution in [0.5, 0.6) is 0 Å². The van der Waals surface area contributed by atoms with Crippen molar-refractivity contribution in [3.8, 4) is 0 Å². The Labute approximate surface area is 92.9 Å². The number of amides is 1. The fourth-order valence-corrected chi connectivity index (χ4v) is 1.18. The van der Waals surface area contributed by atoms with E-state index in [-0.39, 0.29) is 11.7 Å². The summed E-state index contributed by atoms with van der Waals surface area (Å²) in [6, 6.07) is 0. The number of nitrogens with zero attached hydrogens (tertiary/aromatic N) is 3. The van der Waals surface area contributed by atoms with Crippen LogP contribution in [0.25, 0.3) is 0 Å². The Hall–Kier alpha value is -2.05. The monoisotopic (exact) mass is 225 g/mol. The van der Waals surface area contributed by atoms with Crippen LogP contribution in [0.3, 0.4) is 0 Å². The van der Waals surface area contributed by atoms with Crippen LogP contribution in [0, 0.1) is 12.8 Å². The van der Waals surface area contributed by atoms with E-state index in [1.807, 2.05) is 0 Å². The molecule has 0 aliphatic heterocycles. The number of carbonyl (C=O) groups is 1. The Balaban J connectivity index is 2.75. The minimum atomic E-state index is -0.690. The van der Waals surface area contributed by atoms with Crippen molar-refractivity contribution in [2.24, 2.45) is 23.9 Å². The second-order valence-corrected chi connectivity index (χ2v) is 3.54. The van der Waals surface area contributed by atoms with Gasteiger partial charge in [0, 0.05) is 13.2 Å². The van der Waals surface area contributed by atoms with Gasteiger partial charge in [-0.1, -0.05) is 5.16 Å². The predicted molar refractivity (Wildman–Crippen MR) is 59.1 cm³/mol. The quantitative estimate of drug-likeness (QED) is 0.292. The lowest BCUT2D eigenvalue weighted by Crippen LogP contribution is -2.32. The van der Waals surface area contributed by atoms with E-state index in [0.29, 0.717) is 11.4 Å². The zero-order chi connectivity index (χ0) is 12.3. The maximum absolute atomic E-state index is 11.7. The van der Waals surface area contributed by atoms with Crippen molar-refractivity contribution in [1.82, 2.24) is 9.78 Å². The van der Waals surface area contributed by atoms with E-state index in [1.165, 1.54) is 0 Å². The smallest absolute Gasteiger partial charge is 0.235 e. The fraction of sp³-hybridized carbons (Fsp3) is 0.444. The van der Waals surface area contributed by atoms with E-state index in [2.05, 4.69) is 15.6 Å². The number of amidine groups is 1. The molecule has 0 fully saturated rings. The molecule has 0 spiro atoms. The van der Waals surface area contributed by atoms with E-state index in [0.717, 1.165) is 0 Å². The van der Waals surface area contributed by atoms with Crippen LogP contribution in [0.2, 0.25) is 0 Å². The summed E-state index contributed by atoms with van der Waals surface area (Å²) in [5, 5.41) is 18.0. The molecule has 1 unspecified atom stereocenters. The molecule has 0 saturated carbocycles. The lowest BCUT2D eigenvalue weighted by Gasteiger charge is -2.09. The molecular formula is C9H15N5O2. The lowest BCUT2D eigenvalue weighted by molar-refractivity contribution is -0.117. The summed E-state index contributed by atoms with van der Waals surface area (Å²) >= 11 is 0. The molecular weight excluding hydrogens is 210 g/mol. The van der Waals surface area contributed by atoms with Crippen molar-refractivity contribution in [2.75, 3.05) is 5.32 Å².